The van der Waals surface area contributed by atoms with Crippen molar-refractivity contribution in [3.63, 3.8) is 0 Å². The summed E-state index contributed by atoms with van der Waals surface area (Å²) in [4.78, 5) is 29.0. The fraction of sp³-hybridized carbons (Fsp3) is 0.150. The molecule has 0 aliphatic rings. The van der Waals surface area contributed by atoms with Crippen LogP contribution in [0.5, 0.6) is 0 Å². The van der Waals surface area contributed by atoms with Crippen LogP contribution < -0.4 is 16.0 Å². The third-order valence-corrected chi connectivity index (χ3v) is 5.64. The normalized spacial score (nSPS) is 10.4. The van der Waals surface area contributed by atoms with Crippen molar-refractivity contribution in [3.05, 3.63) is 75.2 Å². The Morgan fingerprint density at radius 3 is 2.59 bits per heavy atom. The zero-order valence-corrected chi connectivity index (χ0v) is 17.6. The van der Waals surface area contributed by atoms with Crippen LogP contribution in [0.2, 0.25) is 10.0 Å². The standard InChI is InChI=1S/C20H18Cl2N4O2S/c21-16-8-4-5-13(18(16)22)11-15-12-24-20(29-15)26-17(27)9-10-23-19(28)25-14-6-2-1-3-7-14/h1-8,12H,9-11H2,(H2,23,25,28)(H,24,26,27). The molecule has 0 fully saturated rings. The van der Waals surface area contributed by atoms with Gasteiger partial charge in [0.25, 0.3) is 0 Å². The molecule has 29 heavy (non-hydrogen) atoms. The highest BCUT2D eigenvalue weighted by Crippen LogP contribution is 2.29. The van der Waals surface area contributed by atoms with Crippen molar-refractivity contribution < 1.29 is 9.59 Å². The summed E-state index contributed by atoms with van der Waals surface area (Å²) in [6.07, 6.45) is 2.41. The number of halogens is 2. The minimum absolute atomic E-state index is 0.136. The number of nitrogens with zero attached hydrogens (tertiary/aromatic N) is 1. The van der Waals surface area contributed by atoms with Gasteiger partial charge in [0.15, 0.2) is 5.13 Å². The van der Waals surface area contributed by atoms with Crippen molar-refractivity contribution in [2.75, 3.05) is 17.2 Å². The van der Waals surface area contributed by atoms with Crippen LogP contribution in [0, 0.1) is 0 Å². The average molecular weight is 449 g/mol. The van der Waals surface area contributed by atoms with E-state index in [1.165, 1.54) is 11.3 Å². The molecule has 0 radical (unpaired) electrons. The number of nitrogens with one attached hydrogen (secondary N) is 3. The van der Waals surface area contributed by atoms with Crippen molar-refractivity contribution in [1.29, 1.82) is 0 Å². The van der Waals surface area contributed by atoms with Gasteiger partial charge in [-0.05, 0) is 23.8 Å². The molecule has 6 nitrogen and oxygen atoms in total. The Morgan fingerprint density at radius 1 is 1.00 bits per heavy atom. The maximum atomic E-state index is 12.1. The van der Waals surface area contributed by atoms with Crippen LogP contribution >= 0.6 is 34.5 Å². The Kier molecular flexibility index (Phi) is 7.46. The Labute approximate surface area is 182 Å². The van der Waals surface area contributed by atoms with Crippen LogP contribution in [0.3, 0.4) is 0 Å². The monoisotopic (exact) mass is 448 g/mol. The molecule has 0 aliphatic heterocycles. The number of carbonyl (C=O) groups excluding carboxylic acids is 2. The van der Waals surface area contributed by atoms with Crippen molar-refractivity contribution in [1.82, 2.24) is 10.3 Å². The number of urea groups is 1. The third-order valence-electron chi connectivity index (χ3n) is 3.87. The number of carbonyl (C=O) groups is 2. The second-order valence-electron chi connectivity index (χ2n) is 6.07. The van der Waals surface area contributed by atoms with Gasteiger partial charge in [0, 0.05) is 36.1 Å². The number of anilines is 2. The van der Waals surface area contributed by atoms with Crippen molar-refractivity contribution in [2.45, 2.75) is 12.8 Å². The number of rotatable bonds is 7. The highest BCUT2D eigenvalue weighted by molar-refractivity contribution is 7.15. The molecule has 0 spiro atoms. The fourth-order valence-electron chi connectivity index (χ4n) is 2.49. The van der Waals surface area contributed by atoms with Crippen molar-refractivity contribution in [2.24, 2.45) is 0 Å². The minimum atomic E-state index is -0.362. The number of para-hydroxylation sites is 1. The summed E-state index contributed by atoms with van der Waals surface area (Å²) >= 11 is 13.6. The minimum Gasteiger partial charge on any atom is -0.337 e. The molecular formula is C20H18Cl2N4O2S. The first-order valence-electron chi connectivity index (χ1n) is 8.78. The van der Waals surface area contributed by atoms with Gasteiger partial charge in [-0.1, -0.05) is 53.5 Å². The SMILES string of the molecule is O=C(CCNC(=O)Nc1ccccc1)Nc1ncc(Cc2cccc(Cl)c2Cl)s1. The molecule has 3 amide bonds. The van der Waals surface area contributed by atoms with Crippen LogP contribution in [0.15, 0.2) is 54.7 Å². The van der Waals surface area contributed by atoms with Gasteiger partial charge in [-0.25, -0.2) is 9.78 Å². The van der Waals surface area contributed by atoms with Gasteiger partial charge >= 0.3 is 6.03 Å². The first-order chi connectivity index (χ1) is 14.0. The van der Waals surface area contributed by atoms with Crippen molar-refractivity contribution >= 4 is 57.3 Å². The molecular weight excluding hydrogens is 431 g/mol. The Balaban J connectivity index is 1.43. The molecule has 3 rings (SSSR count). The van der Waals surface area contributed by atoms with Gasteiger partial charge in [0.1, 0.15) is 0 Å². The van der Waals surface area contributed by atoms with E-state index in [9.17, 15) is 9.59 Å². The molecule has 0 atom stereocenters. The molecule has 9 heteroatoms. The number of hydrogen-bond donors (Lipinski definition) is 3. The van der Waals surface area contributed by atoms with E-state index >= 15 is 0 Å². The largest absolute Gasteiger partial charge is 0.337 e. The predicted molar refractivity (Wildman–Crippen MR) is 118 cm³/mol. The molecule has 2 aromatic carbocycles. The molecule has 0 unspecified atom stereocenters. The molecule has 1 heterocycles. The Bertz CT molecular complexity index is 995. The number of thiazole rings is 1. The highest BCUT2D eigenvalue weighted by Gasteiger charge is 2.10. The molecule has 3 N–H and O–H groups in total. The van der Waals surface area contributed by atoms with Crippen LogP contribution in [0.1, 0.15) is 16.9 Å². The summed E-state index contributed by atoms with van der Waals surface area (Å²) in [7, 11) is 0. The van der Waals surface area contributed by atoms with Gasteiger partial charge in [-0.15, -0.1) is 11.3 Å². The number of hydrogen-bond acceptors (Lipinski definition) is 4. The predicted octanol–water partition coefficient (Wildman–Crippen LogP) is 5.19. The van der Waals surface area contributed by atoms with Crippen molar-refractivity contribution in [3.8, 4) is 0 Å². The summed E-state index contributed by atoms with van der Waals surface area (Å²) in [6.45, 7) is 0.209. The van der Waals surface area contributed by atoms with E-state index in [1.807, 2.05) is 30.3 Å². The van der Waals surface area contributed by atoms with Crippen LogP contribution in [0.4, 0.5) is 15.6 Å². The maximum absolute atomic E-state index is 12.1. The molecule has 0 bridgehead atoms. The lowest BCUT2D eigenvalue weighted by Crippen LogP contribution is -2.31. The number of benzene rings is 2. The lowest BCUT2D eigenvalue weighted by Gasteiger charge is -2.07. The molecule has 1 aromatic heterocycles. The Morgan fingerprint density at radius 2 is 1.79 bits per heavy atom. The molecule has 0 aliphatic carbocycles. The van der Waals surface area contributed by atoms with Gasteiger partial charge < -0.3 is 16.0 Å². The lowest BCUT2D eigenvalue weighted by atomic mass is 10.1. The van der Waals surface area contributed by atoms with E-state index in [2.05, 4.69) is 20.9 Å². The summed E-state index contributed by atoms with van der Waals surface area (Å²) < 4.78 is 0. The van der Waals surface area contributed by atoms with Crippen LogP contribution in [0.25, 0.3) is 0 Å². The number of amides is 3. The average Bonchev–Trinajstić information content (AvgIpc) is 3.13. The highest BCUT2D eigenvalue weighted by atomic mass is 35.5. The van der Waals surface area contributed by atoms with E-state index in [-0.39, 0.29) is 24.9 Å². The zero-order valence-electron chi connectivity index (χ0n) is 15.2. The zero-order chi connectivity index (χ0) is 20.6. The summed E-state index contributed by atoms with van der Waals surface area (Å²) in [5.41, 5.74) is 1.58. The summed E-state index contributed by atoms with van der Waals surface area (Å²) in [5, 5.41) is 9.59. The first kappa shape index (κ1) is 21.1. The molecule has 150 valence electrons. The lowest BCUT2D eigenvalue weighted by molar-refractivity contribution is -0.116. The van der Waals surface area contributed by atoms with Crippen LogP contribution in [-0.4, -0.2) is 23.5 Å². The topological polar surface area (TPSA) is 83.1 Å². The molecule has 3 aromatic rings. The fourth-order valence-corrected chi connectivity index (χ4v) is 3.73. The summed E-state index contributed by atoms with van der Waals surface area (Å²) in [5.74, 6) is -0.230. The van der Waals surface area contributed by atoms with E-state index in [1.54, 1.807) is 24.4 Å². The van der Waals surface area contributed by atoms with E-state index in [0.717, 1.165) is 10.4 Å². The number of aromatic nitrogens is 1. The van der Waals surface area contributed by atoms with E-state index in [0.29, 0.717) is 27.3 Å². The second kappa shape index (κ2) is 10.2. The Hall–Kier alpha value is -2.61. The van der Waals surface area contributed by atoms with Gasteiger partial charge in [0.2, 0.25) is 5.91 Å². The van der Waals surface area contributed by atoms with Gasteiger partial charge in [0.05, 0.1) is 10.0 Å². The first-order valence-corrected chi connectivity index (χ1v) is 10.4. The van der Waals surface area contributed by atoms with E-state index < -0.39 is 0 Å². The second-order valence-corrected chi connectivity index (χ2v) is 7.97. The summed E-state index contributed by atoms with van der Waals surface area (Å²) in [6, 6.07) is 14.2. The van der Waals surface area contributed by atoms with Gasteiger partial charge in [-0.3, -0.25) is 4.79 Å². The third kappa shape index (κ3) is 6.45. The molecule has 0 saturated heterocycles. The molecule has 0 saturated carbocycles. The van der Waals surface area contributed by atoms with Gasteiger partial charge in [-0.2, -0.15) is 0 Å². The van der Waals surface area contributed by atoms with E-state index in [4.69, 9.17) is 23.2 Å². The smallest absolute Gasteiger partial charge is 0.319 e. The quantitative estimate of drug-likeness (QED) is 0.464. The van der Waals surface area contributed by atoms with Crippen LogP contribution in [-0.2, 0) is 11.2 Å². The maximum Gasteiger partial charge on any atom is 0.319 e.